The number of alkyl halides is 3. The number of nitrogens with zero attached hydrogens (tertiary/aromatic N) is 3. The van der Waals surface area contributed by atoms with Crippen LogP contribution in [0.4, 0.5) is 23.2 Å². The number of benzene rings is 1. The van der Waals surface area contributed by atoms with Crippen molar-refractivity contribution in [3.05, 3.63) is 58.7 Å². The molecule has 32 heavy (non-hydrogen) atoms. The molecule has 1 aliphatic rings. The molecule has 0 bridgehead atoms. The number of halogens is 4. The number of pyridine rings is 1. The van der Waals surface area contributed by atoms with Crippen LogP contribution in [-0.2, 0) is 10.3 Å². The molecule has 2 aromatic rings. The zero-order valence-electron chi connectivity index (χ0n) is 17.0. The first-order chi connectivity index (χ1) is 15.2. The average Bonchev–Trinajstić information content (AvgIpc) is 2.80. The van der Waals surface area contributed by atoms with Gasteiger partial charge in [-0.05, 0) is 36.8 Å². The molecule has 168 valence electrons. The SMILES string of the molecule is Cc1cc(C#N)cnc1C(=O)Nc1ccc(F)c([C@]2(CF)COC(CF)(CF)C(N)=N2)c1. The molecule has 1 aromatic carbocycles. The van der Waals surface area contributed by atoms with E-state index < -0.39 is 55.3 Å². The molecule has 1 atom stereocenters. The Kier molecular flexibility index (Phi) is 6.45. The minimum atomic E-state index is -2.14. The van der Waals surface area contributed by atoms with Crippen LogP contribution in [0, 0.1) is 24.1 Å². The minimum Gasteiger partial charge on any atom is -0.385 e. The van der Waals surface area contributed by atoms with Crippen LogP contribution in [0.1, 0.15) is 27.2 Å². The Labute approximate surface area is 180 Å². The number of hydrogen-bond acceptors (Lipinski definition) is 6. The number of aliphatic imine (C=N–C) groups is 1. The molecule has 2 heterocycles. The minimum absolute atomic E-state index is 0.0361. The summed E-state index contributed by atoms with van der Waals surface area (Å²) in [6, 6.07) is 6.76. The van der Waals surface area contributed by atoms with E-state index in [1.807, 2.05) is 6.07 Å². The Hall–Kier alpha value is -3.52. The lowest BCUT2D eigenvalue weighted by Crippen LogP contribution is -2.58. The number of amidine groups is 1. The second-order valence-electron chi connectivity index (χ2n) is 7.36. The summed E-state index contributed by atoms with van der Waals surface area (Å²) >= 11 is 0. The van der Waals surface area contributed by atoms with E-state index in [-0.39, 0.29) is 22.5 Å². The van der Waals surface area contributed by atoms with Gasteiger partial charge in [-0.15, -0.1) is 0 Å². The van der Waals surface area contributed by atoms with E-state index in [0.717, 1.165) is 12.1 Å². The van der Waals surface area contributed by atoms with Crippen LogP contribution in [0.2, 0.25) is 0 Å². The molecule has 11 heteroatoms. The number of hydrogen-bond donors (Lipinski definition) is 2. The highest BCUT2D eigenvalue weighted by atomic mass is 19.1. The molecule has 0 unspecified atom stereocenters. The smallest absolute Gasteiger partial charge is 0.274 e. The van der Waals surface area contributed by atoms with E-state index in [1.54, 1.807) is 6.92 Å². The lowest BCUT2D eigenvalue weighted by Gasteiger charge is -2.40. The van der Waals surface area contributed by atoms with Gasteiger partial charge in [-0.25, -0.2) is 22.5 Å². The van der Waals surface area contributed by atoms with E-state index in [1.165, 1.54) is 18.3 Å². The van der Waals surface area contributed by atoms with Gasteiger partial charge < -0.3 is 15.8 Å². The third-order valence-corrected chi connectivity index (χ3v) is 5.19. The monoisotopic (exact) mass is 449 g/mol. The van der Waals surface area contributed by atoms with Gasteiger partial charge in [0.05, 0.1) is 12.2 Å². The van der Waals surface area contributed by atoms with Gasteiger partial charge in [0.2, 0.25) is 0 Å². The van der Waals surface area contributed by atoms with E-state index in [4.69, 9.17) is 15.7 Å². The van der Waals surface area contributed by atoms with Crippen LogP contribution in [0.3, 0.4) is 0 Å². The van der Waals surface area contributed by atoms with Gasteiger partial charge in [-0.3, -0.25) is 9.79 Å². The summed E-state index contributed by atoms with van der Waals surface area (Å²) in [6.07, 6.45) is 1.23. The van der Waals surface area contributed by atoms with E-state index in [2.05, 4.69) is 15.3 Å². The van der Waals surface area contributed by atoms with Crippen LogP contribution in [0.5, 0.6) is 0 Å². The highest BCUT2D eigenvalue weighted by Crippen LogP contribution is 2.37. The lowest BCUT2D eigenvalue weighted by atomic mass is 9.88. The number of nitrogens with one attached hydrogen (secondary N) is 1. The lowest BCUT2D eigenvalue weighted by molar-refractivity contribution is -0.0644. The molecule has 1 aliphatic heterocycles. The number of ether oxygens (including phenoxy) is 1. The summed E-state index contributed by atoms with van der Waals surface area (Å²) in [5.41, 5.74) is 2.08. The number of nitrogens with two attached hydrogens (primary N) is 1. The number of aromatic nitrogens is 1. The number of nitriles is 1. The first kappa shape index (κ1) is 23.1. The molecule has 0 saturated carbocycles. The Morgan fingerprint density at radius 3 is 2.56 bits per heavy atom. The maximum absolute atomic E-state index is 14.6. The molecular weight excluding hydrogens is 430 g/mol. The molecule has 0 aliphatic carbocycles. The van der Waals surface area contributed by atoms with E-state index in [9.17, 15) is 22.4 Å². The molecule has 0 fully saturated rings. The predicted octanol–water partition coefficient (Wildman–Crippen LogP) is 2.88. The zero-order chi connectivity index (χ0) is 23.5. The van der Waals surface area contributed by atoms with E-state index >= 15 is 0 Å². The molecule has 1 amide bonds. The van der Waals surface area contributed by atoms with Gasteiger partial charge >= 0.3 is 0 Å². The van der Waals surface area contributed by atoms with Crippen molar-refractivity contribution in [2.45, 2.75) is 18.1 Å². The number of aryl methyl sites for hydroxylation is 1. The van der Waals surface area contributed by atoms with Gasteiger partial charge in [-0.1, -0.05) is 0 Å². The van der Waals surface area contributed by atoms with Crippen molar-refractivity contribution >= 4 is 17.4 Å². The van der Waals surface area contributed by atoms with Gasteiger partial charge in [0.1, 0.15) is 49.0 Å². The van der Waals surface area contributed by atoms with Crippen molar-refractivity contribution < 1.29 is 27.1 Å². The molecule has 0 radical (unpaired) electrons. The summed E-state index contributed by atoms with van der Waals surface area (Å²) in [6.45, 7) is -2.99. The number of carbonyl (C=O) groups is 1. The summed E-state index contributed by atoms with van der Waals surface area (Å²) in [5.74, 6) is -2.14. The third-order valence-electron chi connectivity index (χ3n) is 5.19. The van der Waals surface area contributed by atoms with Crippen molar-refractivity contribution in [2.24, 2.45) is 10.7 Å². The number of carbonyl (C=O) groups excluding carboxylic acids is 1. The van der Waals surface area contributed by atoms with Crippen LogP contribution < -0.4 is 11.1 Å². The summed E-state index contributed by atoms with van der Waals surface area (Å²) in [5, 5.41) is 11.4. The quantitative estimate of drug-likeness (QED) is 0.659. The van der Waals surface area contributed by atoms with Crippen molar-refractivity contribution in [1.29, 1.82) is 5.26 Å². The first-order valence-electron chi connectivity index (χ1n) is 9.40. The molecule has 0 spiro atoms. The van der Waals surface area contributed by atoms with Crippen LogP contribution in [0.15, 0.2) is 35.5 Å². The molecule has 3 rings (SSSR count). The standard InChI is InChI=1S/C21H19F4N5O2/c1-12-4-13(6-26)7-28-17(12)18(31)29-14-2-3-16(25)15(5-14)20(8-22)11-32-21(9-23,10-24)19(27)30-20/h2-5,7H,8-11H2,1H3,(H2,27,30)(H,29,31)/t20-/m0/s1. The fraction of sp³-hybridized carbons (Fsp3) is 0.333. The number of rotatable bonds is 6. The predicted molar refractivity (Wildman–Crippen MR) is 108 cm³/mol. The maximum Gasteiger partial charge on any atom is 0.274 e. The summed E-state index contributed by atoms with van der Waals surface area (Å²) in [4.78, 5) is 20.4. The number of amides is 1. The van der Waals surface area contributed by atoms with Crippen molar-refractivity contribution in [1.82, 2.24) is 4.98 Å². The third kappa shape index (κ3) is 4.01. The molecule has 0 saturated heterocycles. The topological polar surface area (TPSA) is 113 Å². The van der Waals surface area contributed by atoms with Crippen LogP contribution in [0.25, 0.3) is 0 Å². The number of anilines is 1. The van der Waals surface area contributed by atoms with Gasteiger partial charge in [0.25, 0.3) is 5.91 Å². The Bertz CT molecular complexity index is 1110. The van der Waals surface area contributed by atoms with Crippen molar-refractivity contribution in [3.8, 4) is 6.07 Å². The highest BCUT2D eigenvalue weighted by molar-refractivity contribution is 6.04. The molecule has 7 nitrogen and oxygen atoms in total. The normalized spacial score (nSPS) is 19.7. The largest absolute Gasteiger partial charge is 0.385 e. The van der Waals surface area contributed by atoms with Gasteiger partial charge in [0, 0.05) is 17.4 Å². The maximum atomic E-state index is 14.6. The highest BCUT2D eigenvalue weighted by Gasteiger charge is 2.48. The van der Waals surface area contributed by atoms with Gasteiger partial charge in [-0.2, -0.15) is 5.26 Å². The molecule has 3 N–H and O–H groups in total. The first-order valence-corrected chi connectivity index (χ1v) is 9.40. The fourth-order valence-electron chi connectivity index (χ4n) is 3.25. The van der Waals surface area contributed by atoms with Crippen LogP contribution >= 0.6 is 0 Å². The van der Waals surface area contributed by atoms with Crippen LogP contribution in [-0.4, -0.2) is 49.0 Å². The fourth-order valence-corrected chi connectivity index (χ4v) is 3.25. The van der Waals surface area contributed by atoms with Crippen molar-refractivity contribution in [3.63, 3.8) is 0 Å². The summed E-state index contributed by atoms with van der Waals surface area (Å²) in [7, 11) is 0. The van der Waals surface area contributed by atoms with E-state index in [0.29, 0.717) is 5.56 Å². The zero-order valence-corrected chi connectivity index (χ0v) is 17.0. The summed E-state index contributed by atoms with van der Waals surface area (Å²) < 4.78 is 60.5. The second kappa shape index (κ2) is 8.92. The molecule has 1 aromatic heterocycles. The molecular formula is C21H19F4N5O2. The van der Waals surface area contributed by atoms with Gasteiger partial charge in [0.15, 0.2) is 5.60 Å². The Balaban J connectivity index is 1.96. The Morgan fingerprint density at radius 1 is 1.28 bits per heavy atom. The Morgan fingerprint density at radius 2 is 2.00 bits per heavy atom. The average molecular weight is 449 g/mol. The van der Waals surface area contributed by atoms with Crippen molar-refractivity contribution in [2.75, 3.05) is 31.9 Å². The second-order valence-corrected chi connectivity index (χ2v) is 7.36.